The molecular formula is C12H25Sn+. The second-order valence-electron chi connectivity index (χ2n) is 3.93. The third kappa shape index (κ3) is 12.8. The third-order valence-electron chi connectivity index (χ3n) is 2.53. The van der Waals surface area contributed by atoms with Gasteiger partial charge in [0.2, 0.25) is 0 Å². The van der Waals surface area contributed by atoms with Gasteiger partial charge in [0.25, 0.3) is 0 Å². The molecule has 2 radical (unpaired) electrons. The van der Waals surface area contributed by atoms with Crippen molar-refractivity contribution in [1.29, 1.82) is 0 Å². The van der Waals surface area contributed by atoms with Crippen molar-refractivity contribution >= 4 is 22.5 Å². The number of rotatable bonds is 10. The molecule has 0 bridgehead atoms. The first-order valence-electron chi connectivity index (χ1n) is 6.06. The Hall–Kier alpha value is 0.799. The summed E-state index contributed by atoms with van der Waals surface area (Å²) in [6, 6.07) is 0. The van der Waals surface area contributed by atoms with Crippen LogP contribution in [0.2, 0.25) is 4.44 Å². The van der Waals surface area contributed by atoms with Crippen LogP contribution in [0.4, 0.5) is 0 Å². The van der Waals surface area contributed by atoms with Crippen molar-refractivity contribution in [3.05, 3.63) is 0 Å². The fraction of sp³-hybridized carbons (Fsp3) is 1.00. The van der Waals surface area contributed by atoms with Crippen molar-refractivity contribution < 1.29 is 0 Å². The van der Waals surface area contributed by atoms with E-state index in [0.717, 1.165) is 0 Å². The van der Waals surface area contributed by atoms with E-state index in [1.807, 2.05) is 0 Å². The molecule has 0 aliphatic carbocycles. The molecule has 0 aromatic rings. The number of hydrogen-bond donors (Lipinski definition) is 0. The van der Waals surface area contributed by atoms with Gasteiger partial charge < -0.3 is 0 Å². The van der Waals surface area contributed by atoms with Gasteiger partial charge in [-0.3, -0.25) is 0 Å². The molecular weight excluding hydrogens is 263 g/mol. The van der Waals surface area contributed by atoms with Crippen molar-refractivity contribution in [2.24, 2.45) is 0 Å². The first-order valence-corrected chi connectivity index (χ1v) is 8.08. The Balaban J connectivity index is 2.76. The Bertz CT molecular complexity index is 71.2. The second kappa shape index (κ2) is 12.8. The van der Waals surface area contributed by atoms with Crippen LogP contribution in [0, 0.1) is 0 Å². The number of unbranched alkanes of at least 4 members (excludes halogenated alkanes) is 9. The third-order valence-corrected chi connectivity index (χ3v) is 3.54. The summed E-state index contributed by atoms with van der Waals surface area (Å²) in [6.45, 7) is 2.28. The Morgan fingerprint density at radius 1 is 0.615 bits per heavy atom. The molecule has 76 valence electrons. The second-order valence-corrected chi connectivity index (χ2v) is 5.36. The van der Waals surface area contributed by atoms with E-state index in [-0.39, 0.29) is 0 Å². The molecule has 0 saturated heterocycles. The van der Waals surface area contributed by atoms with Crippen LogP contribution in [0.15, 0.2) is 0 Å². The van der Waals surface area contributed by atoms with E-state index in [1.165, 1.54) is 68.6 Å². The van der Waals surface area contributed by atoms with E-state index in [9.17, 15) is 0 Å². The van der Waals surface area contributed by atoms with Crippen LogP contribution < -0.4 is 0 Å². The van der Waals surface area contributed by atoms with Crippen molar-refractivity contribution in [3.8, 4) is 0 Å². The molecule has 0 nitrogen and oxygen atoms in total. The van der Waals surface area contributed by atoms with Gasteiger partial charge in [-0.05, 0) is 0 Å². The maximum absolute atomic E-state index is 2.28. The standard InChI is InChI=1S/C12H25.Sn/c1-3-5-7-9-11-12-10-8-6-4-2;/h1,3-12H2,2H3;/q;+1. The number of hydrogen-bond acceptors (Lipinski definition) is 0. The summed E-state index contributed by atoms with van der Waals surface area (Å²) in [6.07, 6.45) is 14.7. The van der Waals surface area contributed by atoms with Gasteiger partial charge in [0.15, 0.2) is 0 Å². The molecule has 0 aliphatic heterocycles. The SMILES string of the molecule is CCCCCCCCCCC[CH2][Sn+]. The normalized spacial score (nSPS) is 10.5. The summed E-state index contributed by atoms with van der Waals surface area (Å²) in [7, 11) is 0. The maximum atomic E-state index is 2.28. The average Bonchev–Trinajstić information content (AvgIpc) is 2.16. The Labute approximate surface area is 98.0 Å². The summed E-state index contributed by atoms with van der Waals surface area (Å²) < 4.78 is 1.46. The fourth-order valence-corrected chi connectivity index (χ4v) is 2.33. The first-order chi connectivity index (χ1) is 6.41. The molecule has 13 heavy (non-hydrogen) atoms. The minimum absolute atomic E-state index is 1.37. The summed E-state index contributed by atoms with van der Waals surface area (Å²) in [4.78, 5) is 0. The van der Waals surface area contributed by atoms with Gasteiger partial charge in [-0.15, -0.1) is 0 Å². The van der Waals surface area contributed by atoms with Crippen LogP contribution in [-0.4, -0.2) is 22.5 Å². The zero-order valence-corrected chi connectivity index (χ0v) is 12.1. The van der Waals surface area contributed by atoms with Crippen molar-refractivity contribution in [3.63, 3.8) is 0 Å². The van der Waals surface area contributed by atoms with Crippen LogP contribution in [0.25, 0.3) is 0 Å². The van der Waals surface area contributed by atoms with E-state index < -0.39 is 0 Å². The van der Waals surface area contributed by atoms with E-state index in [4.69, 9.17) is 0 Å². The van der Waals surface area contributed by atoms with Gasteiger partial charge in [0, 0.05) is 0 Å². The van der Waals surface area contributed by atoms with E-state index >= 15 is 0 Å². The molecule has 0 heterocycles. The molecule has 0 spiro atoms. The molecule has 0 atom stereocenters. The quantitative estimate of drug-likeness (QED) is 0.410. The monoisotopic (exact) mass is 289 g/mol. The van der Waals surface area contributed by atoms with E-state index in [1.54, 1.807) is 22.5 Å². The van der Waals surface area contributed by atoms with Crippen LogP contribution >= 0.6 is 0 Å². The molecule has 0 N–H and O–H groups in total. The van der Waals surface area contributed by atoms with E-state index in [0.29, 0.717) is 0 Å². The van der Waals surface area contributed by atoms with Gasteiger partial charge in [-0.25, -0.2) is 0 Å². The molecule has 1 heteroatoms. The zero-order chi connectivity index (χ0) is 9.78. The molecule has 0 unspecified atom stereocenters. The molecule has 0 aromatic carbocycles. The van der Waals surface area contributed by atoms with Gasteiger partial charge in [-0.1, -0.05) is 0 Å². The predicted molar refractivity (Wildman–Crippen MR) is 62.4 cm³/mol. The first kappa shape index (κ1) is 13.8. The molecule has 0 aliphatic rings. The van der Waals surface area contributed by atoms with Gasteiger partial charge in [0.1, 0.15) is 0 Å². The van der Waals surface area contributed by atoms with Crippen molar-refractivity contribution in [1.82, 2.24) is 0 Å². The van der Waals surface area contributed by atoms with Crippen molar-refractivity contribution in [2.75, 3.05) is 0 Å². The summed E-state index contributed by atoms with van der Waals surface area (Å²) in [5.41, 5.74) is 0. The molecule has 0 amide bonds. The van der Waals surface area contributed by atoms with Crippen LogP contribution in [0.5, 0.6) is 0 Å². The van der Waals surface area contributed by atoms with Crippen LogP contribution in [-0.2, 0) is 0 Å². The predicted octanol–water partition coefficient (Wildman–Crippen LogP) is 4.49. The molecule has 0 fully saturated rings. The molecule has 0 rings (SSSR count). The van der Waals surface area contributed by atoms with Gasteiger partial charge in [-0.2, -0.15) is 0 Å². The van der Waals surface area contributed by atoms with E-state index in [2.05, 4.69) is 6.92 Å². The average molecular weight is 288 g/mol. The Morgan fingerprint density at radius 3 is 1.38 bits per heavy atom. The topological polar surface area (TPSA) is 0 Å². The minimum atomic E-state index is 1.37. The van der Waals surface area contributed by atoms with Gasteiger partial charge in [0.05, 0.1) is 0 Å². The van der Waals surface area contributed by atoms with Crippen LogP contribution in [0.1, 0.15) is 71.1 Å². The summed E-state index contributed by atoms with van der Waals surface area (Å²) in [5, 5.41) is 0. The van der Waals surface area contributed by atoms with Gasteiger partial charge >= 0.3 is 98.1 Å². The Morgan fingerprint density at radius 2 is 1.00 bits per heavy atom. The summed E-state index contributed by atoms with van der Waals surface area (Å²) in [5.74, 6) is 0. The fourth-order valence-electron chi connectivity index (χ4n) is 1.61. The zero-order valence-electron chi connectivity index (χ0n) is 9.28. The van der Waals surface area contributed by atoms with Crippen molar-refractivity contribution in [2.45, 2.75) is 75.6 Å². The summed E-state index contributed by atoms with van der Waals surface area (Å²) >= 11 is 1.72. The van der Waals surface area contributed by atoms with Crippen LogP contribution in [0.3, 0.4) is 0 Å². The molecule has 0 saturated carbocycles. The Kier molecular flexibility index (Phi) is 13.6. The molecule has 0 aromatic heterocycles.